The Balaban J connectivity index is 2.65. The van der Waals surface area contributed by atoms with Crippen molar-refractivity contribution in [3.63, 3.8) is 0 Å². The fourth-order valence-electron chi connectivity index (χ4n) is 0.545. The van der Waals surface area contributed by atoms with Crippen LogP contribution in [0.5, 0.6) is 0 Å². The van der Waals surface area contributed by atoms with E-state index in [0.717, 1.165) is 5.71 Å². The summed E-state index contributed by atoms with van der Waals surface area (Å²) in [5.74, 6) is 0.584. The Morgan fingerprint density at radius 2 is 2.17 bits per heavy atom. The average Bonchev–Trinajstić information content (AvgIpc) is 2.03. The van der Waals surface area contributed by atoms with E-state index in [2.05, 4.69) is 20.7 Å². The molecular formula is C7H9ClN4. The Hall–Kier alpha value is -1.16. The molecule has 1 N–H and O–H groups in total. The standard InChI is InChI=1S/C7H9ClN4/c1-5(2)9-11-7-4-3-6(8)10-12-7/h3-4H,1-2H3,(H,11,12). The SMILES string of the molecule is CC(C)=NNc1ccc(Cl)nn1. The first-order valence-corrected chi connectivity index (χ1v) is 3.82. The number of hydrazone groups is 1. The molecular weight excluding hydrogens is 176 g/mol. The second-order valence-electron chi connectivity index (χ2n) is 2.41. The van der Waals surface area contributed by atoms with Gasteiger partial charge in [-0.3, -0.25) is 5.43 Å². The molecule has 0 bridgehead atoms. The first-order chi connectivity index (χ1) is 5.68. The van der Waals surface area contributed by atoms with Gasteiger partial charge in [0, 0.05) is 5.71 Å². The molecule has 0 aliphatic carbocycles. The predicted octanol–water partition coefficient (Wildman–Crippen LogP) is 1.94. The molecule has 0 unspecified atom stereocenters. The number of anilines is 1. The van der Waals surface area contributed by atoms with Crippen LogP contribution in [-0.4, -0.2) is 15.9 Å². The smallest absolute Gasteiger partial charge is 0.168 e. The summed E-state index contributed by atoms with van der Waals surface area (Å²) in [6.45, 7) is 3.77. The maximum absolute atomic E-state index is 5.54. The highest BCUT2D eigenvalue weighted by Crippen LogP contribution is 2.05. The molecule has 0 aliphatic heterocycles. The minimum Gasteiger partial charge on any atom is -0.260 e. The van der Waals surface area contributed by atoms with Crippen LogP contribution in [0, 0.1) is 0 Å². The fourth-order valence-corrected chi connectivity index (χ4v) is 0.645. The van der Waals surface area contributed by atoms with Gasteiger partial charge in [-0.1, -0.05) is 11.6 Å². The molecule has 1 rings (SSSR count). The fraction of sp³-hybridized carbons (Fsp3) is 0.286. The number of nitrogens with zero attached hydrogens (tertiary/aromatic N) is 3. The van der Waals surface area contributed by atoms with Crippen molar-refractivity contribution in [3.05, 3.63) is 17.3 Å². The van der Waals surface area contributed by atoms with Crippen molar-refractivity contribution < 1.29 is 0 Å². The normalized spacial score (nSPS) is 9.25. The van der Waals surface area contributed by atoms with Crippen LogP contribution in [0.4, 0.5) is 5.82 Å². The van der Waals surface area contributed by atoms with Crippen molar-refractivity contribution >= 4 is 23.1 Å². The minimum absolute atomic E-state index is 0.373. The molecule has 1 aromatic rings. The Kier molecular flexibility index (Phi) is 2.99. The van der Waals surface area contributed by atoms with E-state index in [4.69, 9.17) is 11.6 Å². The van der Waals surface area contributed by atoms with Gasteiger partial charge in [0.15, 0.2) is 11.0 Å². The number of rotatable bonds is 2. The molecule has 0 spiro atoms. The van der Waals surface area contributed by atoms with Gasteiger partial charge in [-0.25, -0.2) is 0 Å². The van der Waals surface area contributed by atoms with E-state index in [1.165, 1.54) is 0 Å². The summed E-state index contributed by atoms with van der Waals surface area (Å²) in [5, 5.41) is 11.7. The highest BCUT2D eigenvalue weighted by molar-refractivity contribution is 6.29. The van der Waals surface area contributed by atoms with Crippen molar-refractivity contribution in [2.45, 2.75) is 13.8 Å². The number of aromatic nitrogens is 2. The summed E-state index contributed by atoms with van der Waals surface area (Å²) in [6, 6.07) is 3.36. The second kappa shape index (κ2) is 4.01. The average molecular weight is 185 g/mol. The van der Waals surface area contributed by atoms with Crippen molar-refractivity contribution in [2.24, 2.45) is 5.10 Å². The van der Waals surface area contributed by atoms with Gasteiger partial charge in [0.1, 0.15) is 0 Å². The molecule has 0 aliphatic rings. The second-order valence-corrected chi connectivity index (χ2v) is 2.80. The van der Waals surface area contributed by atoms with Gasteiger partial charge in [0.25, 0.3) is 0 Å². The summed E-state index contributed by atoms with van der Waals surface area (Å²) in [4.78, 5) is 0. The highest BCUT2D eigenvalue weighted by atomic mass is 35.5. The van der Waals surface area contributed by atoms with E-state index in [0.29, 0.717) is 11.0 Å². The number of nitrogens with one attached hydrogen (secondary N) is 1. The van der Waals surface area contributed by atoms with Crippen LogP contribution in [0.15, 0.2) is 17.2 Å². The number of hydrogen-bond donors (Lipinski definition) is 1. The van der Waals surface area contributed by atoms with E-state index in [1.54, 1.807) is 12.1 Å². The summed E-state index contributed by atoms with van der Waals surface area (Å²) < 4.78 is 0. The molecule has 0 amide bonds. The van der Waals surface area contributed by atoms with E-state index < -0.39 is 0 Å². The van der Waals surface area contributed by atoms with Crippen molar-refractivity contribution in [3.8, 4) is 0 Å². The highest BCUT2D eigenvalue weighted by Gasteiger charge is 1.91. The van der Waals surface area contributed by atoms with E-state index in [-0.39, 0.29) is 0 Å². The lowest BCUT2D eigenvalue weighted by Crippen LogP contribution is -1.96. The zero-order valence-electron chi connectivity index (χ0n) is 6.87. The molecule has 12 heavy (non-hydrogen) atoms. The Bertz CT molecular complexity index is 276. The molecule has 0 fully saturated rings. The number of halogens is 1. The van der Waals surface area contributed by atoms with Crippen molar-refractivity contribution in [1.29, 1.82) is 0 Å². The monoisotopic (exact) mass is 184 g/mol. The third-order valence-electron chi connectivity index (χ3n) is 1.03. The Morgan fingerprint density at radius 3 is 2.67 bits per heavy atom. The van der Waals surface area contributed by atoms with Crippen LogP contribution >= 0.6 is 11.6 Å². The van der Waals surface area contributed by atoms with E-state index in [9.17, 15) is 0 Å². The topological polar surface area (TPSA) is 50.2 Å². The maximum Gasteiger partial charge on any atom is 0.168 e. The molecule has 0 aromatic carbocycles. The van der Waals surface area contributed by atoms with E-state index in [1.807, 2.05) is 13.8 Å². The summed E-state index contributed by atoms with van der Waals surface area (Å²) in [7, 11) is 0. The molecule has 0 saturated carbocycles. The molecule has 0 saturated heterocycles. The van der Waals surface area contributed by atoms with Crippen LogP contribution in [0.25, 0.3) is 0 Å². The lowest BCUT2D eigenvalue weighted by molar-refractivity contribution is 1.02. The summed E-state index contributed by atoms with van der Waals surface area (Å²) in [5.41, 5.74) is 3.65. The Morgan fingerprint density at radius 1 is 1.42 bits per heavy atom. The number of hydrogen-bond acceptors (Lipinski definition) is 4. The van der Waals surface area contributed by atoms with Gasteiger partial charge in [0.05, 0.1) is 0 Å². The zero-order chi connectivity index (χ0) is 8.97. The minimum atomic E-state index is 0.373. The lowest BCUT2D eigenvalue weighted by atomic mass is 10.5. The third-order valence-corrected chi connectivity index (χ3v) is 1.23. The van der Waals surface area contributed by atoms with Crippen LogP contribution in [0.1, 0.15) is 13.8 Å². The van der Waals surface area contributed by atoms with Gasteiger partial charge >= 0.3 is 0 Å². The van der Waals surface area contributed by atoms with Crippen LogP contribution < -0.4 is 5.43 Å². The quantitative estimate of drug-likeness (QED) is 0.565. The van der Waals surface area contributed by atoms with Gasteiger partial charge in [0.2, 0.25) is 0 Å². The van der Waals surface area contributed by atoms with E-state index >= 15 is 0 Å². The van der Waals surface area contributed by atoms with Gasteiger partial charge in [-0.15, -0.1) is 10.2 Å². The molecule has 1 aromatic heterocycles. The van der Waals surface area contributed by atoms with Crippen molar-refractivity contribution in [2.75, 3.05) is 5.43 Å². The van der Waals surface area contributed by atoms with Crippen LogP contribution in [-0.2, 0) is 0 Å². The molecule has 1 heterocycles. The summed E-state index contributed by atoms with van der Waals surface area (Å²) in [6.07, 6.45) is 0. The lowest BCUT2D eigenvalue weighted by Gasteiger charge is -1.97. The van der Waals surface area contributed by atoms with Crippen LogP contribution in [0.3, 0.4) is 0 Å². The van der Waals surface area contributed by atoms with Gasteiger partial charge in [-0.2, -0.15) is 5.10 Å². The predicted molar refractivity (Wildman–Crippen MR) is 49.4 cm³/mol. The molecule has 64 valence electrons. The van der Waals surface area contributed by atoms with Crippen molar-refractivity contribution in [1.82, 2.24) is 10.2 Å². The van der Waals surface area contributed by atoms with Gasteiger partial charge < -0.3 is 0 Å². The third kappa shape index (κ3) is 2.84. The summed E-state index contributed by atoms with van der Waals surface area (Å²) >= 11 is 5.54. The zero-order valence-corrected chi connectivity index (χ0v) is 7.63. The van der Waals surface area contributed by atoms with Gasteiger partial charge in [-0.05, 0) is 26.0 Å². The first-order valence-electron chi connectivity index (χ1n) is 3.44. The molecule has 5 heteroatoms. The van der Waals surface area contributed by atoms with Crippen LogP contribution in [0.2, 0.25) is 5.15 Å². The molecule has 4 nitrogen and oxygen atoms in total. The first kappa shape index (κ1) is 8.93. The largest absolute Gasteiger partial charge is 0.260 e. The molecule has 0 atom stereocenters. The maximum atomic E-state index is 5.54. The Labute approximate surface area is 75.7 Å². The molecule has 0 radical (unpaired) electrons.